The molecule has 1 heterocycles. The molecule has 0 N–H and O–H groups in total. The highest BCUT2D eigenvalue weighted by molar-refractivity contribution is 6.22. The molecule has 5 heteroatoms. The molecule has 0 saturated heterocycles. The monoisotopic (exact) mass is 338 g/mol. The van der Waals surface area contributed by atoms with Crippen LogP contribution >= 0.6 is 0 Å². The molecule has 0 aliphatic carbocycles. The Labute approximate surface area is 145 Å². The summed E-state index contributed by atoms with van der Waals surface area (Å²) in [6.07, 6.45) is -0.139. The van der Waals surface area contributed by atoms with Crippen molar-refractivity contribution in [1.82, 2.24) is 0 Å². The molecule has 0 spiro atoms. The van der Waals surface area contributed by atoms with Crippen LogP contribution in [-0.2, 0) is 19.1 Å². The van der Waals surface area contributed by atoms with E-state index < -0.39 is 5.97 Å². The summed E-state index contributed by atoms with van der Waals surface area (Å²) in [4.78, 5) is 24.2. The van der Waals surface area contributed by atoms with Crippen LogP contribution in [0.3, 0.4) is 0 Å². The SMILES string of the molecule is COC(=O)C1=C(c2ccc(Oc3ccccc3)cc2)OC(C)CC1=O. The van der Waals surface area contributed by atoms with Crippen LogP contribution in [0.5, 0.6) is 11.5 Å². The van der Waals surface area contributed by atoms with Crippen molar-refractivity contribution in [2.24, 2.45) is 0 Å². The minimum atomic E-state index is -0.684. The van der Waals surface area contributed by atoms with Gasteiger partial charge in [-0.05, 0) is 43.3 Å². The van der Waals surface area contributed by atoms with E-state index in [0.29, 0.717) is 11.3 Å². The van der Waals surface area contributed by atoms with Gasteiger partial charge in [-0.1, -0.05) is 18.2 Å². The second-order valence-corrected chi connectivity index (χ2v) is 5.69. The predicted molar refractivity (Wildman–Crippen MR) is 92.1 cm³/mol. The van der Waals surface area contributed by atoms with Crippen LogP contribution in [0.25, 0.3) is 5.76 Å². The van der Waals surface area contributed by atoms with Crippen molar-refractivity contribution in [2.45, 2.75) is 19.4 Å². The molecule has 1 unspecified atom stereocenters. The van der Waals surface area contributed by atoms with Crippen molar-refractivity contribution in [3.8, 4) is 11.5 Å². The second-order valence-electron chi connectivity index (χ2n) is 5.69. The Bertz CT molecular complexity index is 806. The van der Waals surface area contributed by atoms with Gasteiger partial charge in [0.25, 0.3) is 0 Å². The summed E-state index contributed by atoms with van der Waals surface area (Å²) < 4.78 is 16.2. The summed E-state index contributed by atoms with van der Waals surface area (Å²) in [5, 5.41) is 0. The molecule has 0 amide bonds. The Kier molecular flexibility index (Phi) is 4.84. The fourth-order valence-electron chi connectivity index (χ4n) is 2.61. The Balaban J connectivity index is 1.91. The first-order valence-corrected chi connectivity index (χ1v) is 7.94. The first-order valence-electron chi connectivity index (χ1n) is 7.94. The van der Waals surface area contributed by atoms with Gasteiger partial charge in [0.2, 0.25) is 0 Å². The molecule has 3 rings (SSSR count). The van der Waals surface area contributed by atoms with Crippen LogP contribution in [-0.4, -0.2) is 25.0 Å². The van der Waals surface area contributed by atoms with Crippen LogP contribution < -0.4 is 4.74 Å². The first-order chi connectivity index (χ1) is 12.1. The average Bonchev–Trinajstić information content (AvgIpc) is 2.62. The number of carbonyl (C=O) groups excluding carboxylic acids is 2. The highest BCUT2D eigenvalue weighted by Crippen LogP contribution is 2.31. The molecule has 0 bridgehead atoms. The summed E-state index contributed by atoms with van der Waals surface area (Å²) >= 11 is 0. The van der Waals surface area contributed by atoms with Gasteiger partial charge < -0.3 is 14.2 Å². The maximum atomic E-state index is 12.2. The zero-order valence-corrected chi connectivity index (χ0v) is 14.0. The number of methoxy groups -OCH3 is 1. The largest absolute Gasteiger partial charge is 0.489 e. The van der Waals surface area contributed by atoms with E-state index in [1.54, 1.807) is 31.2 Å². The van der Waals surface area contributed by atoms with Crippen molar-refractivity contribution < 1.29 is 23.8 Å². The molecule has 2 aromatic rings. The summed E-state index contributed by atoms with van der Waals surface area (Å²) in [5.41, 5.74) is 0.582. The lowest BCUT2D eigenvalue weighted by atomic mass is 9.98. The standard InChI is InChI=1S/C20H18O5/c1-13-12-17(21)18(20(22)23-2)19(24-13)14-8-10-16(11-9-14)25-15-6-4-3-5-7-15/h3-11,13H,12H2,1-2H3. The second kappa shape index (κ2) is 7.21. The molecule has 1 aliphatic heterocycles. The lowest BCUT2D eigenvalue weighted by molar-refractivity contribution is -0.138. The minimum absolute atomic E-state index is 0.0441. The fourth-order valence-corrected chi connectivity index (χ4v) is 2.61. The number of carbonyl (C=O) groups is 2. The lowest BCUT2D eigenvalue weighted by Gasteiger charge is -2.24. The predicted octanol–water partition coefficient (Wildman–Crippen LogP) is 3.74. The number of ketones is 1. The molecule has 0 saturated carbocycles. The van der Waals surface area contributed by atoms with Crippen molar-refractivity contribution in [3.63, 3.8) is 0 Å². The van der Waals surface area contributed by atoms with E-state index in [9.17, 15) is 9.59 Å². The van der Waals surface area contributed by atoms with Gasteiger partial charge in [-0.2, -0.15) is 0 Å². The highest BCUT2D eigenvalue weighted by Gasteiger charge is 2.32. The van der Waals surface area contributed by atoms with Crippen molar-refractivity contribution >= 4 is 17.5 Å². The molecule has 0 aromatic heterocycles. The minimum Gasteiger partial charge on any atom is -0.489 e. The Hall–Kier alpha value is -3.08. The molecule has 25 heavy (non-hydrogen) atoms. The van der Waals surface area contributed by atoms with Gasteiger partial charge in [0.15, 0.2) is 5.78 Å². The molecule has 5 nitrogen and oxygen atoms in total. The van der Waals surface area contributed by atoms with Crippen LogP contribution in [0.15, 0.2) is 60.2 Å². The Morgan fingerprint density at radius 3 is 2.32 bits per heavy atom. The van der Waals surface area contributed by atoms with Gasteiger partial charge in [-0.3, -0.25) is 4.79 Å². The average molecular weight is 338 g/mol. The molecule has 1 aliphatic rings. The maximum absolute atomic E-state index is 12.2. The number of ether oxygens (including phenoxy) is 3. The van der Waals surface area contributed by atoms with Gasteiger partial charge in [-0.25, -0.2) is 4.79 Å². The molecule has 128 valence electrons. The van der Waals surface area contributed by atoms with Crippen molar-refractivity contribution in [3.05, 3.63) is 65.7 Å². The van der Waals surface area contributed by atoms with E-state index in [1.807, 2.05) is 30.3 Å². The van der Waals surface area contributed by atoms with Gasteiger partial charge >= 0.3 is 5.97 Å². The number of Topliss-reactive ketones (excluding diaryl/α,β-unsaturated/α-hetero) is 1. The summed E-state index contributed by atoms with van der Waals surface area (Å²) in [6, 6.07) is 16.4. The van der Waals surface area contributed by atoms with Crippen molar-refractivity contribution in [2.75, 3.05) is 7.11 Å². The normalized spacial score (nSPS) is 17.0. The number of rotatable bonds is 4. The molecule has 1 atom stereocenters. The molecule has 2 aromatic carbocycles. The molecular formula is C20H18O5. The third kappa shape index (κ3) is 3.71. The molecule has 0 radical (unpaired) electrons. The number of esters is 1. The fraction of sp³-hybridized carbons (Fsp3) is 0.200. The van der Waals surface area contributed by atoms with E-state index >= 15 is 0 Å². The topological polar surface area (TPSA) is 61.8 Å². The van der Waals surface area contributed by atoms with Gasteiger partial charge in [0.1, 0.15) is 28.9 Å². The number of hydrogen-bond donors (Lipinski definition) is 0. The van der Waals surface area contributed by atoms with E-state index in [2.05, 4.69) is 0 Å². The van der Waals surface area contributed by atoms with E-state index in [1.165, 1.54) is 7.11 Å². The summed E-state index contributed by atoms with van der Waals surface area (Å²) in [5.74, 6) is 0.663. The molecule has 0 fully saturated rings. The zero-order chi connectivity index (χ0) is 17.8. The maximum Gasteiger partial charge on any atom is 0.345 e. The van der Waals surface area contributed by atoms with Crippen LogP contribution in [0.1, 0.15) is 18.9 Å². The first kappa shape index (κ1) is 16.8. The Morgan fingerprint density at radius 1 is 1.04 bits per heavy atom. The van der Waals surface area contributed by atoms with E-state index in [-0.39, 0.29) is 29.6 Å². The smallest absolute Gasteiger partial charge is 0.345 e. The lowest BCUT2D eigenvalue weighted by Crippen LogP contribution is -2.27. The third-order valence-corrected chi connectivity index (χ3v) is 3.78. The van der Waals surface area contributed by atoms with Crippen LogP contribution in [0, 0.1) is 0 Å². The molecular weight excluding hydrogens is 320 g/mol. The van der Waals surface area contributed by atoms with Gasteiger partial charge in [0, 0.05) is 12.0 Å². The van der Waals surface area contributed by atoms with Crippen molar-refractivity contribution in [1.29, 1.82) is 0 Å². The quantitative estimate of drug-likeness (QED) is 0.628. The zero-order valence-electron chi connectivity index (χ0n) is 14.0. The van der Waals surface area contributed by atoms with Gasteiger partial charge in [-0.15, -0.1) is 0 Å². The Morgan fingerprint density at radius 2 is 1.68 bits per heavy atom. The highest BCUT2D eigenvalue weighted by atomic mass is 16.5. The summed E-state index contributed by atoms with van der Waals surface area (Å²) in [6.45, 7) is 1.79. The van der Waals surface area contributed by atoms with Gasteiger partial charge in [0.05, 0.1) is 7.11 Å². The number of hydrogen-bond acceptors (Lipinski definition) is 5. The van der Waals surface area contributed by atoms with Crippen LogP contribution in [0.2, 0.25) is 0 Å². The summed E-state index contributed by atoms with van der Waals surface area (Å²) in [7, 11) is 1.25. The third-order valence-electron chi connectivity index (χ3n) is 3.78. The number of benzene rings is 2. The van der Waals surface area contributed by atoms with Crippen LogP contribution in [0.4, 0.5) is 0 Å². The van der Waals surface area contributed by atoms with E-state index in [4.69, 9.17) is 14.2 Å². The number of para-hydroxylation sites is 1. The van der Waals surface area contributed by atoms with E-state index in [0.717, 1.165) is 5.75 Å².